The van der Waals surface area contributed by atoms with Crippen molar-refractivity contribution >= 4 is 29.0 Å². The lowest BCUT2D eigenvalue weighted by Gasteiger charge is -2.14. The Morgan fingerprint density at radius 2 is 1.86 bits per heavy atom. The molecule has 1 unspecified atom stereocenters. The van der Waals surface area contributed by atoms with Gasteiger partial charge in [0.1, 0.15) is 17.9 Å². The van der Waals surface area contributed by atoms with Crippen LogP contribution >= 0.6 is 0 Å². The van der Waals surface area contributed by atoms with Crippen LogP contribution in [0, 0.1) is 24.0 Å². The van der Waals surface area contributed by atoms with Gasteiger partial charge in [-0.2, -0.15) is 5.10 Å². The highest BCUT2D eigenvalue weighted by molar-refractivity contribution is 5.97. The highest BCUT2D eigenvalue weighted by Crippen LogP contribution is 2.21. The first-order valence-electron chi connectivity index (χ1n) is 8.40. The number of nitrogens with one attached hydrogen (secondary N) is 1. The molecule has 1 aromatic carbocycles. The molecule has 0 aliphatic heterocycles. The molecule has 0 aliphatic rings. The summed E-state index contributed by atoms with van der Waals surface area (Å²) in [4.78, 5) is 45.9. The van der Waals surface area contributed by atoms with Gasteiger partial charge in [-0.05, 0) is 52.0 Å². The van der Waals surface area contributed by atoms with Crippen LogP contribution in [0.3, 0.4) is 0 Å². The van der Waals surface area contributed by atoms with Gasteiger partial charge in [0.05, 0.1) is 4.92 Å². The second kappa shape index (κ2) is 8.42. The van der Waals surface area contributed by atoms with E-state index in [0.29, 0.717) is 11.3 Å². The maximum Gasteiger partial charge on any atom is 0.328 e. The Balaban J connectivity index is 1.96. The minimum atomic E-state index is -1.09. The summed E-state index contributed by atoms with van der Waals surface area (Å²) in [6, 6.07) is 6.28. The zero-order chi connectivity index (χ0) is 21.0. The Morgan fingerprint density at radius 3 is 2.36 bits per heavy atom. The predicted octanol–water partition coefficient (Wildman–Crippen LogP) is 2.18. The van der Waals surface area contributed by atoms with E-state index in [9.17, 15) is 24.5 Å². The van der Waals surface area contributed by atoms with Crippen LogP contribution in [0.4, 0.5) is 11.4 Å². The molecule has 1 N–H and O–H groups in total. The number of hydrogen-bond acceptors (Lipinski definition) is 7. The topological polar surface area (TPSA) is 133 Å². The van der Waals surface area contributed by atoms with Crippen LogP contribution in [0.2, 0.25) is 0 Å². The van der Waals surface area contributed by atoms with E-state index in [1.807, 2.05) is 0 Å². The molecule has 148 valence electrons. The molecule has 0 aliphatic carbocycles. The van der Waals surface area contributed by atoms with Crippen LogP contribution in [0.1, 0.15) is 35.6 Å². The number of aryl methyl sites for hydroxylation is 1. The van der Waals surface area contributed by atoms with Crippen molar-refractivity contribution in [3.63, 3.8) is 0 Å². The van der Waals surface area contributed by atoms with Gasteiger partial charge in [0, 0.05) is 11.3 Å². The molecule has 28 heavy (non-hydrogen) atoms. The van der Waals surface area contributed by atoms with Gasteiger partial charge in [0.15, 0.2) is 11.9 Å². The molecule has 0 saturated carbocycles. The first-order chi connectivity index (χ1) is 13.1. The Morgan fingerprint density at radius 1 is 1.25 bits per heavy atom. The van der Waals surface area contributed by atoms with Gasteiger partial charge in [-0.1, -0.05) is 0 Å². The molecule has 0 spiro atoms. The maximum atomic E-state index is 12.2. The SMILES string of the molecule is CC(=O)c1ccc(NC(=O)C(C)OC(=O)Cn2nc(C)c([N+](=O)[O-])c2C)cc1. The number of ether oxygens (including phenoxy) is 1. The van der Waals surface area contributed by atoms with Gasteiger partial charge in [-0.3, -0.25) is 29.2 Å². The third-order valence-corrected chi connectivity index (χ3v) is 4.04. The minimum absolute atomic E-state index is 0.0930. The minimum Gasteiger partial charge on any atom is -0.451 e. The van der Waals surface area contributed by atoms with Crippen molar-refractivity contribution in [1.29, 1.82) is 0 Å². The average molecular weight is 388 g/mol. The molecule has 2 rings (SSSR count). The number of hydrogen-bond donors (Lipinski definition) is 1. The van der Waals surface area contributed by atoms with E-state index in [0.717, 1.165) is 0 Å². The number of ketones is 1. The summed E-state index contributed by atoms with van der Waals surface area (Å²) in [5.41, 5.74) is 1.22. The van der Waals surface area contributed by atoms with Gasteiger partial charge >= 0.3 is 11.7 Å². The Kier molecular flexibility index (Phi) is 6.24. The van der Waals surface area contributed by atoms with Crippen molar-refractivity contribution in [1.82, 2.24) is 9.78 Å². The van der Waals surface area contributed by atoms with Gasteiger partial charge in [-0.25, -0.2) is 0 Å². The number of aromatic nitrogens is 2. The van der Waals surface area contributed by atoms with Crippen molar-refractivity contribution in [2.24, 2.45) is 0 Å². The van der Waals surface area contributed by atoms with E-state index < -0.39 is 22.9 Å². The molecule has 2 aromatic rings. The number of rotatable bonds is 7. The van der Waals surface area contributed by atoms with Crippen LogP contribution < -0.4 is 5.32 Å². The van der Waals surface area contributed by atoms with Gasteiger partial charge in [0.25, 0.3) is 5.91 Å². The summed E-state index contributed by atoms with van der Waals surface area (Å²) in [5.74, 6) is -1.40. The third kappa shape index (κ3) is 4.78. The number of anilines is 1. The largest absolute Gasteiger partial charge is 0.451 e. The fourth-order valence-electron chi connectivity index (χ4n) is 2.55. The van der Waals surface area contributed by atoms with Crippen LogP contribution in [-0.2, 0) is 20.9 Å². The van der Waals surface area contributed by atoms with E-state index in [2.05, 4.69) is 10.4 Å². The molecular weight excluding hydrogens is 368 g/mol. The summed E-state index contributed by atoms with van der Waals surface area (Å²) in [5, 5.41) is 17.5. The van der Waals surface area contributed by atoms with Crippen LogP contribution in [0.5, 0.6) is 0 Å². The lowest BCUT2D eigenvalue weighted by atomic mass is 10.1. The highest BCUT2D eigenvalue weighted by Gasteiger charge is 2.24. The zero-order valence-corrected chi connectivity index (χ0v) is 15.9. The molecule has 1 atom stereocenters. The number of esters is 1. The Hall–Kier alpha value is -3.56. The van der Waals surface area contributed by atoms with Crippen molar-refractivity contribution in [3.05, 3.63) is 51.3 Å². The summed E-state index contributed by atoms with van der Waals surface area (Å²) < 4.78 is 6.25. The summed E-state index contributed by atoms with van der Waals surface area (Å²) in [6.45, 7) is 5.44. The molecule has 1 heterocycles. The average Bonchev–Trinajstić information content (AvgIpc) is 2.88. The summed E-state index contributed by atoms with van der Waals surface area (Å²) >= 11 is 0. The highest BCUT2D eigenvalue weighted by atomic mass is 16.6. The summed E-state index contributed by atoms with van der Waals surface area (Å²) in [7, 11) is 0. The molecule has 0 bridgehead atoms. The molecule has 0 radical (unpaired) electrons. The number of Topliss-reactive ketones (excluding diaryl/α,β-unsaturated/α-hetero) is 1. The third-order valence-electron chi connectivity index (χ3n) is 4.04. The van der Waals surface area contributed by atoms with Gasteiger partial charge in [0.2, 0.25) is 0 Å². The van der Waals surface area contributed by atoms with Crippen molar-refractivity contribution in [3.8, 4) is 0 Å². The Bertz CT molecular complexity index is 932. The van der Waals surface area contributed by atoms with E-state index in [1.165, 1.54) is 32.4 Å². The molecular formula is C18H20N4O6. The van der Waals surface area contributed by atoms with Crippen molar-refractivity contribution in [2.45, 2.75) is 40.3 Å². The van der Waals surface area contributed by atoms with Gasteiger partial charge in [-0.15, -0.1) is 0 Å². The normalized spacial score (nSPS) is 11.6. The molecule has 0 saturated heterocycles. The first kappa shape index (κ1) is 20.7. The molecule has 10 nitrogen and oxygen atoms in total. The first-order valence-corrected chi connectivity index (χ1v) is 8.40. The number of carbonyl (C=O) groups excluding carboxylic acids is 3. The van der Waals surface area contributed by atoms with Crippen molar-refractivity contribution in [2.75, 3.05) is 5.32 Å². The number of nitro groups is 1. The van der Waals surface area contributed by atoms with Crippen molar-refractivity contribution < 1.29 is 24.0 Å². The number of nitrogens with zero attached hydrogens (tertiary/aromatic N) is 3. The predicted molar refractivity (Wildman–Crippen MR) is 99.0 cm³/mol. The van der Waals surface area contributed by atoms with Gasteiger partial charge < -0.3 is 10.1 Å². The quantitative estimate of drug-likeness (QED) is 0.332. The van der Waals surface area contributed by atoms with Crippen LogP contribution in [0.25, 0.3) is 0 Å². The fraction of sp³-hybridized carbons (Fsp3) is 0.333. The number of carbonyl (C=O) groups is 3. The second-order valence-corrected chi connectivity index (χ2v) is 6.19. The standard InChI is InChI=1S/C18H20N4O6/c1-10-17(22(26)27)11(2)21(20-10)9-16(24)28-13(4)18(25)19-15-7-5-14(6-8-15)12(3)23/h5-8,13H,9H2,1-4H3,(H,19,25). The van der Waals surface area contributed by atoms with E-state index >= 15 is 0 Å². The van der Waals surface area contributed by atoms with E-state index in [4.69, 9.17) is 4.74 Å². The van der Waals surface area contributed by atoms with Crippen LogP contribution in [-0.4, -0.2) is 38.5 Å². The molecule has 1 aromatic heterocycles. The fourth-order valence-corrected chi connectivity index (χ4v) is 2.55. The lowest BCUT2D eigenvalue weighted by Crippen LogP contribution is -2.31. The van der Waals surface area contributed by atoms with E-state index in [1.54, 1.807) is 24.3 Å². The number of benzene rings is 1. The molecule has 10 heteroatoms. The summed E-state index contributed by atoms with van der Waals surface area (Å²) in [6.07, 6.45) is -1.09. The van der Waals surface area contributed by atoms with Crippen LogP contribution in [0.15, 0.2) is 24.3 Å². The number of amides is 1. The maximum absolute atomic E-state index is 12.2. The molecule has 0 fully saturated rings. The second-order valence-electron chi connectivity index (χ2n) is 6.19. The lowest BCUT2D eigenvalue weighted by molar-refractivity contribution is -0.386. The monoisotopic (exact) mass is 388 g/mol. The smallest absolute Gasteiger partial charge is 0.328 e. The van der Waals surface area contributed by atoms with E-state index in [-0.39, 0.29) is 29.4 Å². The molecule has 1 amide bonds. The zero-order valence-electron chi connectivity index (χ0n) is 15.9. The Labute approximate surface area is 160 Å².